The fourth-order valence-electron chi connectivity index (χ4n) is 3.69. The van der Waals surface area contributed by atoms with E-state index >= 15 is 0 Å². The molecule has 0 saturated carbocycles. The Hall–Kier alpha value is -1.63. The molecule has 6 heteroatoms. The van der Waals surface area contributed by atoms with Crippen LogP contribution in [0.25, 0.3) is 0 Å². The SMILES string of the molecule is COc1ccc([C@@H]2CCCN2Cc2cnc(N3CCOCC3)s2)cc1. The number of thiazole rings is 1. The van der Waals surface area contributed by atoms with Crippen molar-refractivity contribution in [1.82, 2.24) is 9.88 Å². The fourth-order valence-corrected chi connectivity index (χ4v) is 4.68. The van der Waals surface area contributed by atoms with E-state index in [2.05, 4.69) is 45.2 Å². The summed E-state index contributed by atoms with van der Waals surface area (Å²) < 4.78 is 10.7. The molecule has 2 saturated heterocycles. The molecule has 2 fully saturated rings. The maximum Gasteiger partial charge on any atom is 0.185 e. The lowest BCUT2D eigenvalue weighted by atomic mass is 10.0. The minimum absolute atomic E-state index is 0.500. The van der Waals surface area contributed by atoms with Crippen molar-refractivity contribution < 1.29 is 9.47 Å². The van der Waals surface area contributed by atoms with Gasteiger partial charge in [-0.05, 0) is 37.1 Å². The molecule has 3 heterocycles. The van der Waals surface area contributed by atoms with Crippen LogP contribution in [0.15, 0.2) is 30.5 Å². The first-order valence-electron chi connectivity index (χ1n) is 8.99. The van der Waals surface area contributed by atoms with Crippen molar-refractivity contribution >= 4 is 16.5 Å². The predicted octanol–water partition coefficient (Wildman–Crippen LogP) is 3.33. The number of hydrogen-bond acceptors (Lipinski definition) is 6. The Balaban J connectivity index is 1.43. The number of hydrogen-bond donors (Lipinski definition) is 0. The number of anilines is 1. The second-order valence-electron chi connectivity index (χ2n) is 6.61. The van der Waals surface area contributed by atoms with Gasteiger partial charge in [0.1, 0.15) is 5.75 Å². The molecule has 2 aromatic rings. The van der Waals surface area contributed by atoms with Gasteiger partial charge < -0.3 is 14.4 Å². The van der Waals surface area contributed by atoms with Gasteiger partial charge in [0, 0.05) is 36.8 Å². The smallest absolute Gasteiger partial charge is 0.185 e. The van der Waals surface area contributed by atoms with E-state index in [0.717, 1.165) is 50.3 Å². The van der Waals surface area contributed by atoms with E-state index in [1.165, 1.54) is 23.3 Å². The van der Waals surface area contributed by atoms with Gasteiger partial charge in [-0.25, -0.2) is 4.98 Å². The van der Waals surface area contributed by atoms with Crippen molar-refractivity contribution in [2.45, 2.75) is 25.4 Å². The van der Waals surface area contributed by atoms with Crippen molar-refractivity contribution in [2.24, 2.45) is 0 Å². The van der Waals surface area contributed by atoms with Gasteiger partial charge >= 0.3 is 0 Å². The van der Waals surface area contributed by atoms with Crippen molar-refractivity contribution in [3.8, 4) is 5.75 Å². The predicted molar refractivity (Wildman–Crippen MR) is 101 cm³/mol. The topological polar surface area (TPSA) is 37.8 Å². The van der Waals surface area contributed by atoms with Gasteiger partial charge in [-0.1, -0.05) is 12.1 Å². The number of morpholine rings is 1. The average Bonchev–Trinajstić information content (AvgIpc) is 3.33. The molecule has 0 N–H and O–H groups in total. The van der Waals surface area contributed by atoms with E-state index in [1.54, 1.807) is 7.11 Å². The summed E-state index contributed by atoms with van der Waals surface area (Å²) in [4.78, 5) is 10.9. The van der Waals surface area contributed by atoms with E-state index in [4.69, 9.17) is 9.47 Å². The molecular weight excluding hydrogens is 334 g/mol. The van der Waals surface area contributed by atoms with Crippen LogP contribution in [0, 0.1) is 0 Å². The number of aromatic nitrogens is 1. The van der Waals surface area contributed by atoms with Crippen LogP contribution in [0.2, 0.25) is 0 Å². The number of methoxy groups -OCH3 is 1. The van der Waals surface area contributed by atoms with E-state index < -0.39 is 0 Å². The number of rotatable bonds is 5. The minimum atomic E-state index is 0.500. The molecule has 2 aliphatic rings. The molecule has 0 bridgehead atoms. The Morgan fingerprint density at radius 3 is 2.76 bits per heavy atom. The van der Waals surface area contributed by atoms with Crippen LogP contribution < -0.4 is 9.64 Å². The molecule has 0 amide bonds. The third-order valence-corrected chi connectivity index (χ3v) is 6.09. The summed E-state index contributed by atoms with van der Waals surface area (Å²) in [5, 5.41) is 1.14. The number of likely N-dealkylation sites (tertiary alicyclic amines) is 1. The first-order valence-corrected chi connectivity index (χ1v) is 9.80. The molecule has 0 aliphatic carbocycles. The molecule has 5 nitrogen and oxygen atoms in total. The maximum atomic E-state index is 5.43. The maximum absolute atomic E-state index is 5.43. The lowest BCUT2D eigenvalue weighted by molar-refractivity contribution is 0.122. The summed E-state index contributed by atoms with van der Waals surface area (Å²) >= 11 is 1.83. The third kappa shape index (κ3) is 3.81. The van der Waals surface area contributed by atoms with E-state index in [9.17, 15) is 0 Å². The largest absolute Gasteiger partial charge is 0.497 e. The van der Waals surface area contributed by atoms with Crippen LogP contribution >= 0.6 is 11.3 Å². The normalized spacial score (nSPS) is 21.6. The number of ether oxygens (including phenoxy) is 2. The van der Waals surface area contributed by atoms with Gasteiger partial charge in [-0.3, -0.25) is 4.90 Å². The highest BCUT2D eigenvalue weighted by Gasteiger charge is 2.27. The molecule has 1 aromatic carbocycles. The Labute approximate surface area is 153 Å². The highest BCUT2D eigenvalue weighted by Crippen LogP contribution is 2.35. The number of nitrogens with zero attached hydrogens (tertiary/aromatic N) is 3. The summed E-state index contributed by atoms with van der Waals surface area (Å²) in [5.41, 5.74) is 1.39. The average molecular weight is 359 g/mol. The van der Waals surface area contributed by atoms with Crippen LogP contribution in [0.4, 0.5) is 5.13 Å². The minimum Gasteiger partial charge on any atom is -0.497 e. The number of benzene rings is 1. The zero-order valence-electron chi connectivity index (χ0n) is 14.7. The molecule has 2 aliphatic heterocycles. The van der Waals surface area contributed by atoms with Crippen LogP contribution in [-0.4, -0.2) is 49.8 Å². The van der Waals surface area contributed by atoms with Gasteiger partial charge in [0.15, 0.2) is 5.13 Å². The first-order chi connectivity index (χ1) is 12.3. The van der Waals surface area contributed by atoms with Gasteiger partial charge in [0.25, 0.3) is 0 Å². The van der Waals surface area contributed by atoms with Crippen LogP contribution in [0.3, 0.4) is 0 Å². The van der Waals surface area contributed by atoms with Gasteiger partial charge in [0.2, 0.25) is 0 Å². The molecule has 1 atom stereocenters. The highest BCUT2D eigenvalue weighted by atomic mass is 32.1. The monoisotopic (exact) mass is 359 g/mol. The van der Waals surface area contributed by atoms with E-state index in [-0.39, 0.29) is 0 Å². The summed E-state index contributed by atoms with van der Waals surface area (Å²) in [7, 11) is 1.72. The molecule has 0 radical (unpaired) electrons. The second kappa shape index (κ2) is 7.72. The second-order valence-corrected chi connectivity index (χ2v) is 7.70. The molecule has 25 heavy (non-hydrogen) atoms. The fraction of sp³-hybridized carbons (Fsp3) is 0.526. The van der Waals surface area contributed by atoms with Crippen LogP contribution in [0.1, 0.15) is 29.3 Å². The van der Waals surface area contributed by atoms with Crippen LogP contribution in [-0.2, 0) is 11.3 Å². The lowest BCUT2D eigenvalue weighted by Gasteiger charge is -2.26. The summed E-state index contributed by atoms with van der Waals surface area (Å²) in [6, 6.07) is 9.03. The molecule has 4 rings (SSSR count). The molecular formula is C19H25N3O2S. The zero-order valence-corrected chi connectivity index (χ0v) is 15.5. The summed E-state index contributed by atoms with van der Waals surface area (Å²) in [6.07, 6.45) is 4.53. The molecule has 0 spiro atoms. The van der Waals surface area contributed by atoms with Gasteiger partial charge in [0.05, 0.1) is 20.3 Å². The van der Waals surface area contributed by atoms with Gasteiger partial charge in [-0.2, -0.15) is 0 Å². The van der Waals surface area contributed by atoms with Crippen molar-refractivity contribution in [1.29, 1.82) is 0 Å². The zero-order chi connectivity index (χ0) is 17.1. The quantitative estimate of drug-likeness (QED) is 0.819. The van der Waals surface area contributed by atoms with E-state index in [1.807, 2.05) is 11.3 Å². The standard InChI is InChI=1S/C19H25N3O2S/c1-23-16-6-4-15(5-7-16)18-3-2-8-22(18)14-17-13-20-19(25-17)21-9-11-24-12-10-21/h4-7,13,18H,2-3,8-12,14H2,1H3/t18-/m0/s1. The van der Waals surface area contributed by atoms with Crippen LogP contribution in [0.5, 0.6) is 5.75 Å². The summed E-state index contributed by atoms with van der Waals surface area (Å²) in [6.45, 7) is 5.65. The molecule has 1 aromatic heterocycles. The third-order valence-electron chi connectivity index (χ3n) is 5.05. The van der Waals surface area contributed by atoms with Crippen molar-refractivity contribution in [3.63, 3.8) is 0 Å². The first kappa shape index (κ1) is 16.8. The molecule has 134 valence electrons. The Morgan fingerprint density at radius 2 is 2.00 bits per heavy atom. The van der Waals surface area contributed by atoms with Gasteiger partial charge in [-0.15, -0.1) is 11.3 Å². The Kier molecular flexibility index (Phi) is 5.20. The molecule has 0 unspecified atom stereocenters. The van der Waals surface area contributed by atoms with Crippen molar-refractivity contribution in [3.05, 3.63) is 40.9 Å². The Morgan fingerprint density at radius 1 is 1.20 bits per heavy atom. The highest BCUT2D eigenvalue weighted by molar-refractivity contribution is 7.15. The van der Waals surface area contributed by atoms with Crippen molar-refractivity contribution in [2.75, 3.05) is 44.9 Å². The van der Waals surface area contributed by atoms with E-state index in [0.29, 0.717) is 6.04 Å². The summed E-state index contributed by atoms with van der Waals surface area (Å²) in [5.74, 6) is 0.922. The lowest BCUT2D eigenvalue weighted by Crippen LogP contribution is -2.36. The Bertz CT molecular complexity index is 682.